The van der Waals surface area contributed by atoms with Crippen LogP contribution in [0.3, 0.4) is 0 Å². The van der Waals surface area contributed by atoms with Crippen molar-refractivity contribution in [1.29, 1.82) is 0 Å². The molecule has 8 heteroatoms. The number of nitrogens with one attached hydrogen (secondary N) is 1. The molecule has 3 rings (SSSR count). The lowest BCUT2D eigenvalue weighted by atomic mass is 10.1. The van der Waals surface area contributed by atoms with Gasteiger partial charge in [0.2, 0.25) is 5.78 Å². The normalized spacial score (nSPS) is 10.5. The summed E-state index contributed by atoms with van der Waals surface area (Å²) in [6.45, 7) is 5.22. The van der Waals surface area contributed by atoms with E-state index in [1.54, 1.807) is 49.4 Å². The summed E-state index contributed by atoms with van der Waals surface area (Å²) in [7, 11) is 1.32. The highest BCUT2D eigenvalue weighted by Crippen LogP contribution is 2.22. The Bertz CT molecular complexity index is 1260. The number of amides is 1. The van der Waals surface area contributed by atoms with Gasteiger partial charge in [-0.2, -0.15) is 0 Å². The zero-order chi connectivity index (χ0) is 25.5. The van der Waals surface area contributed by atoms with Crippen molar-refractivity contribution in [2.45, 2.75) is 27.2 Å². The van der Waals surface area contributed by atoms with Crippen molar-refractivity contribution in [2.24, 2.45) is 0 Å². The molecular weight excluding hydrogens is 448 g/mol. The van der Waals surface area contributed by atoms with Gasteiger partial charge in [0, 0.05) is 34.7 Å². The number of ketones is 1. The van der Waals surface area contributed by atoms with E-state index in [9.17, 15) is 19.2 Å². The molecule has 0 aliphatic rings. The average Bonchev–Trinajstić information content (AvgIpc) is 3.16. The van der Waals surface area contributed by atoms with Crippen LogP contribution >= 0.6 is 0 Å². The highest BCUT2D eigenvalue weighted by Gasteiger charge is 2.19. The molecule has 0 saturated carbocycles. The molecule has 0 aliphatic heterocycles. The first kappa shape index (κ1) is 25.4. The summed E-state index contributed by atoms with van der Waals surface area (Å²) in [5.74, 6) is -1.59. The van der Waals surface area contributed by atoms with Crippen LogP contribution < -0.4 is 5.32 Å². The Kier molecular flexibility index (Phi) is 8.20. The van der Waals surface area contributed by atoms with Gasteiger partial charge in [-0.25, -0.2) is 4.79 Å². The van der Waals surface area contributed by atoms with E-state index in [4.69, 9.17) is 9.47 Å². The standard InChI is InChI=1S/C27H28N2O6/c1-17-7-5-6-8-22(17)26(32)28-14-13-25(31)35-16-24(30)23-15-18(2)29(19(23)3)21-11-9-20(10-12-21)27(33)34-4/h5-12,15H,13-14,16H2,1-4H3,(H,28,32). The van der Waals surface area contributed by atoms with Crippen molar-refractivity contribution in [2.75, 3.05) is 20.3 Å². The maximum atomic E-state index is 12.7. The van der Waals surface area contributed by atoms with Crippen molar-refractivity contribution in [1.82, 2.24) is 9.88 Å². The van der Waals surface area contributed by atoms with Gasteiger partial charge in [-0.05, 0) is 62.7 Å². The van der Waals surface area contributed by atoms with E-state index in [2.05, 4.69) is 5.32 Å². The topological polar surface area (TPSA) is 104 Å². The molecule has 1 amide bonds. The van der Waals surface area contributed by atoms with Gasteiger partial charge in [-0.3, -0.25) is 14.4 Å². The predicted octanol–water partition coefficient (Wildman–Crippen LogP) is 3.74. The highest BCUT2D eigenvalue weighted by molar-refractivity contribution is 5.99. The Hall–Kier alpha value is -4.20. The molecule has 0 atom stereocenters. The maximum absolute atomic E-state index is 12.7. The number of nitrogens with zero attached hydrogens (tertiary/aromatic N) is 1. The van der Waals surface area contributed by atoms with Gasteiger partial charge in [0.05, 0.1) is 19.1 Å². The van der Waals surface area contributed by atoms with Crippen LogP contribution in [0.4, 0.5) is 0 Å². The van der Waals surface area contributed by atoms with Gasteiger partial charge in [0.25, 0.3) is 5.91 Å². The summed E-state index contributed by atoms with van der Waals surface area (Å²) in [5.41, 5.74) is 4.56. The Morgan fingerprint density at radius 3 is 2.26 bits per heavy atom. The first-order chi connectivity index (χ1) is 16.7. The van der Waals surface area contributed by atoms with Crippen LogP contribution in [0.25, 0.3) is 5.69 Å². The van der Waals surface area contributed by atoms with E-state index in [0.717, 1.165) is 16.9 Å². The SMILES string of the molecule is COC(=O)c1ccc(-n2c(C)cc(C(=O)COC(=O)CCNC(=O)c3ccccc3C)c2C)cc1. The van der Waals surface area contributed by atoms with Crippen LogP contribution in [0.2, 0.25) is 0 Å². The molecule has 0 bridgehead atoms. The second kappa shape index (κ2) is 11.3. The molecule has 1 aromatic heterocycles. The van der Waals surface area contributed by atoms with E-state index >= 15 is 0 Å². The van der Waals surface area contributed by atoms with Crippen molar-refractivity contribution in [3.05, 3.63) is 88.2 Å². The summed E-state index contributed by atoms with van der Waals surface area (Å²) < 4.78 is 11.7. The zero-order valence-electron chi connectivity index (χ0n) is 20.2. The number of carbonyl (C=O) groups is 4. The summed E-state index contributed by atoms with van der Waals surface area (Å²) in [4.78, 5) is 48.7. The van der Waals surface area contributed by atoms with Crippen molar-refractivity contribution >= 4 is 23.6 Å². The molecule has 2 aromatic carbocycles. The minimum absolute atomic E-state index is 0.0452. The summed E-state index contributed by atoms with van der Waals surface area (Å²) >= 11 is 0. The van der Waals surface area contributed by atoms with Gasteiger partial charge < -0.3 is 19.4 Å². The average molecular weight is 477 g/mol. The first-order valence-corrected chi connectivity index (χ1v) is 11.1. The molecule has 182 valence electrons. The molecule has 3 aromatic rings. The number of Topliss-reactive ketones (excluding diaryl/α,β-unsaturated/α-hetero) is 1. The van der Waals surface area contributed by atoms with Crippen molar-refractivity contribution in [3.63, 3.8) is 0 Å². The maximum Gasteiger partial charge on any atom is 0.337 e. The van der Waals surface area contributed by atoms with Crippen LogP contribution in [-0.2, 0) is 14.3 Å². The molecule has 0 radical (unpaired) electrons. The summed E-state index contributed by atoms with van der Waals surface area (Å²) in [6.07, 6.45) is -0.0452. The molecule has 1 N–H and O–H groups in total. The van der Waals surface area contributed by atoms with Gasteiger partial charge in [0.1, 0.15) is 0 Å². The van der Waals surface area contributed by atoms with Gasteiger partial charge in [-0.15, -0.1) is 0 Å². The second-order valence-corrected chi connectivity index (χ2v) is 8.06. The fraction of sp³-hybridized carbons (Fsp3) is 0.259. The fourth-order valence-electron chi connectivity index (χ4n) is 3.80. The lowest BCUT2D eigenvalue weighted by Crippen LogP contribution is -2.27. The molecule has 0 fully saturated rings. The number of ether oxygens (including phenoxy) is 2. The van der Waals surface area contributed by atoms with E-state index in [0.29, 0.717) is 22.4 Å². The monoisotopic (exact) mass is 476 g/mol. The third-order valence-electron chi connectivity index (χ3n) is 5.65. The summed E-state index contributed by atoms with van der Waals surface area (Å²) in [5, 5.41) is 2.69. The van der Waals surface area contributed by atoms with E-state index in [1.165, 1.54) is 7.11 Å². The predicted molar refractivity (Wildman–Crippen MR) is 130 cm³/mol. The third-order valence-corrected chi connectivity index (χ3v) is 5.65. The lowest BCUT2D eigenvalue weighted by Gasteiger charge is -2.11. The molecule has 0 unspecified atom stereocenters. The lowest BCUT2D eigenvalue weighted by molar-refractivity contribution is -0.142. The summed E-state index contributed by atoms with van der Waals surface area (Å²) in [6, 6.07) is 15.8. The van der Waals surface area contributed by atoms with Gasteiger partial charge in [-0.1, -0.05) is 18.2 Å². The van der Waals surface area contributed by atoms with Crippen LogP contribution in [0, 0.1) is 20.8 Å². The number of hydrogen-bond donors (Lipinski definition) is 1. The van der Waals surface area contributed by atoms with E-state index < -0.39 is 18.5 Å². The minimum atomic E-state index is -0.573. The van der Waals surface area contributed by atoms with E-state index in [-0.39, 0.29) is 24.7 Å². The second-order valence-electron chi connectivity index (χ2n) is 8.06. The Morgan fingerprint density at radius 2 is 1.60 bits per heavy atom. The number of aromatic nitrogens is 1. The van der Waals surface area contributed by atoms with Gasteiger partial charge >= 0.3 is 11.9 Å². The molecule has 0 saturated heterocycles. The smallest absolute Gasteiger partial charge is 0.337 e. The molecule has 0 spiro atoms. The molecule has 8 nitrogen and oxygen atoms in total. The third kappa shape index (κ3) is 6.03. The zero-order valence-corrected chi connectivity index (χ0v) is 20.2. The molecule has 35 heavy (non-hydrogen) atoms. The molecular formula is C27H28N2O6. The van der Waals surface area contributed by atoms with Crippen molar-refractivity contribution in [3.8, 4) is 5.69 Å². The number of hydrogen-bond acceptors (Lipinski definition) is 6. The van der Waals surface area contributed by atoms with E-state index in [1.807, 2.05) is 30.5 Å². The Morgan fingerprint density at radius 1 is 0.914 bits per heavy atom. The number of carbonyl (C=O) groups excluding carboxylic acids is 4. The first-order valence-electron chi connectivity index (χ1n) is 11.1. The van der Waals surface area contributed by atoms with Crippen LogP contribution in [0.5, 0.6) is 0 Å². The number of rotatable bonds is 9. The molecule has 0 aliphatic carbocycles. The van der Waals surface area contributed by atoms with Crippen LogP contribution in [-0.4, -0.2) is 48.5 Å². The number of benzene rings is 2. The highest BCUT2D eigenvalue weighted by atomic mass is 16.5. The Labute approximate surface area is 203 Å². The fourth-order valence-corrected chi connectivity index (χ4v) is 3.80. The molecule has 1 heterocycles. The number of aryl methyl sites for hydroxylation is 2. The van der Waals surface area contributed by atoms with Crippen LogP contribution in [0.15, 0.2) is 54.6 Å². The Balaban J connectivity index is 1.55. The number of methoxy groups -OCH3 is 1. The quantitative estimate of drug-likeness (QED) is 0.373. The van der Waals surface area contributed by atoms with Crippen LogP contribution in [0.1, 0.15) is 54.4 Å². The van der Waals surface area contributed by atoms with Crippen molar-refractivity contribution < 1.29 is 28.7 Å². The number of esters is 2. The minimum Gasteiger partial charge on any atom is -0.465 e. The van der Waals surface area contributed by atoms with Gasteiger partial charge in [0.15, 0.2) is 6.61 Å². The largest absolute Gasteiger partial charge is 0.465 e.